The third kappa shape index (κ3) is 55.4. The molecule has 12 N–H and O–H groups in total. The molecule has 0 fully saturated rings. The van der Waals surface area contributed by atoms with Crippen LogP contribution < -0.4 is 31.9 Å². The van der Waals surface area contributed by atoms with E-state index in [2.05, 4.69) is 44.0 Å². The van der Waals surface area contributed by atoms with E-state index >= 15 is 0 Å². The number of hydrogen-bond donors (Lipinski definition) is 12. The average Bonchev–Trinajstić information content (AvgIpc) is 0.903. The maximum Gasteiger partial charge on any atom is 0.251 e. The molecule has 0 aliphatic heterocycles. The van der Waals surface area contributed by atoms with Crippen LogP contribution in [0, 0.1) is 22.7 Å². The van der Waals surface area contributed by atoms with Crippen molar-refractivity contribution in [2.75, 3.05) is 67.8 Å². The summed E-state index contributed by atoms with van der Waals surface area (Å²) in [5.41, 5.74) is 9.10. The molecule has 130 heavy (non-hydrogen) atoms. The maximum atomic E-state index is 12.0. The number of rotatable bonds is 48. The second-order valence-electron chi connectivity index (χ2n) is 31.5. The summed E-state index contributed by atoms with van der Waals surface area (Å²) in [6.45, 7) is 13.8. The van der Waals surface area contributed by atoms with E-state index < -0.39 is 0 Å². The SMILES string of the molecule is CCC(=O)CCC/C=C\c1cccc(C(=O)N[C@@H](C)CO)c1.CCC(=O)CCC/C=C\c1cccc(C(=O)N[C@H](C)CO)c1.C[C@@H](CO)NC(=O)c1cccc(/C=C\CCCC#N)c1.C[C@@H](CO)NC(=O)c1cccc(/C=C\CCCC(=O)N(C)C)c1.C[C@H](CO)NC(=O)c1cccc(/C=C\CCCC#N)c1.C[C@H](CO)NC(=O)c1cccc(/C=C\CCCC(=O)N(C)C)c1. The largest absolute Gasteiger partial charge is 0.394 e. The van der Waals surface area contributed by atoms with Crippen molar-refractivity contribution >= 4 is 95.3 Å². The Balaban J connectivity index is 0.000000781. The third-order valence-electron chi connectivity index (χ3n) is 18.9. The Labute approximate surface area is 770 Å². The van der Waals surface area contributed by atoms with E-state index in [1.165, 1.54) is 0 Å². The molecule has 6 atom stereocenters. The molecule has 0 heterocycles. The van der Waals surface area contributed by atoms with E-state index in [0.29, 0.717) is 96.3 Å². The van der Waals surface area contributed by atoms with Crippen LogP contribution in [0.3, 0.4) is 0 Å². The van der Waals surface area contributed by atoms with Gasteiger partial charge in [0.05, 0.1) is 51.8 Å². The first-order valence-electron chi connectivity index (χ1n) is 44.6. The van der Waals surface area contributed by atoms with Crippen molar-refractivity contribution in [3.63, 3.8) is 0 Å². The first-order valence-corrected chi connectivity index (χ1v) is 44.6. The molecule has 0 aliphatic rings. The van der Waals surface area contributed by atoms with E-state index in [1.807, 2.05) is 172 Å². The lowest BCUT2D eigenvalue weighted by Gasteiger charge is -2.10. The number of nitrogens with zero attached hydrogens (tertiary/aromatic N) is 4. The molecule has 0 aliphatic carbocycles. The molecule has 0 bridgehead atoms. The van der Waals surface area contributed by atoms with Crippen molar-refractivity contribution in [2.45, 2.75) is 220 Å². The minimum absolute atomic E-state index is 0.0791. The Kier molecular flexibility index (Phi) is 63.6. The summed E-state index contributed by atoms with van der Waals surface area (Å²) in [6, 6.07) is 46.5. The van der Waals surface area contributed by atoms with Crippen LogP contribution in [0.2, 0.25) is 0 Å². The van der Waals surface area contributed by atoms with E-state index in [4.69, 9.17) is 41.2 Å². The van der Waals surface area contributed by atoms with Crippen LogP contribution in [0.4, 0.5) is 0 Å². The Hall–Kier alpha value is -12.4. The Morgan fingerprint density at radius 3 is 0.638 bits per heavy atom. The quantitative estimate of drug-likeness (QED) is 0.0158. The van der Waals surface area contributed by atoms with Crippen molar-refractivity contribution in [2.24, 2.45) is 0 Å². The highest BCUT2D eigenvalue weighted by Crippen LogP contribution is 2.17. The van der Waals surface area contributed by atoms with Gasteiger partial charge in [0.1, 0.15) is 11.6 Å². The molecule has 0 aromatic heterocycles. The van der Waals surface area contributed by atoms with Gasteiger partial charge in [-0.3, -0.25) is 47.9 Å². The highest BCUT2D eigenvalue weighted by Gasteiger charge is 2.16. The third-order valence-corrected chi connectivity index (χ3v) is 18.9. The number of unbranched alkanes of at least 4 members (excludes halogenated alkanes) is 8. The first-order chi connectivity index (χ1) is 62.3. The molecule has 6 rings (SSSR count). The molecule has 26 heteroatoms. The van der Waals surface area contributed by atoms with Crippen LogP contribution in [-0.4, -0.2) is 203 Å². The number of amides is 8. The fourth-order valence-corrected chi connectivity index (χ4v) is 11.1. The monoisotopic (exact) mass is 1790 g/mol. The van der Waals surface area contributed by atoms with E-state index in [0.717, 1.165) is 110 Å². The van der Waals surface area contributed by atoms with Gasteiger partial charge in [-0.15, -0.1) is 0 Å². The van der Waals surface area contributed by atoms with Gasteiger partial charge in [-0.2, -0.15) is 10.5 Å². The number of nitriles is 2. The van der Waals surface area contributed by atoms with Gasteiger partial charge in [0.25, 0.3) is 35.4 Å². The summed E-state index contributed by atoms with van der Waals surface area (Å²) in [6.07, 6.45) is 38.5. The molecule has 6 aromatic rings. The van der Waals surface area contributed by atoms with Crippen molar-refractivity contribution in [1.82, 2.24) is 41.7 Å². The van der Waals surface area contributed by atoms with Crippen LogP contribution in [0.15, 0.2) is 182 Å². The Morgan fingerprint density at radius 2 is 0.477 bits per heavy atom. The van der Waals surface area contributed by atoms with Crippen LogP contribution >= 0.6 is 0 Å². The number of ketones is 2. The molecule has 26 nitrogen and oxygen atoms in total. The number of benzene rings is 6. The molecule has 0 saturated carbocycles. The number of carbonyl (C=O) groups excluding carboxylic acids is 10. The average molecular weight is 1790 g/mol. The molecule has 8 amide bonds. The molecular weight excluding hydrogens is 1650 g/mol. The predicted molar refractivity (Wildman–Crippen MR) is 519 cm³/mol. The normalized spacial score (nSPS) is 12.2. The first kappa shape index (κ1) is 116. The minimum atomic E-state index is -0.268. The van der Waals surface area contributed by atoms with Crippen molar-refractivity contribution in [1.29, 1.82) is 10.5 Å². The second kappa shape index (κ2) is 71.5. The number of hydrogen-bond acceptors (Lipinski definition) is 18. The fraction of sp³-hybridized carbons (Fsp3) is 0.423. The zero-order valence-electron chi connectivity index (χ0n) is 78.2. The minimum Gasteiger partial charge on any atom is -0.394 e. The molecule has 704 valence electrons. The maximum absolute atomic E-state index is 12.0. The lowest BCUT2D eigenvalue weighted by molar-refractivity contribution is -0.129. The van der Waals surface area contributed by atoms with Crippen molar-refractivity contribution in [3.8, 4) is 12.1 Å². The topological polar surface area (TPSA) is 418 Å². The molecule has 0 saturated heterocycles. The second-order valence-corrected chi connectivity index (χ2v) is 31.5. The number of nitrogens with one attached hydrogen (secondary N) is 6. The summed E-state index contributed by atoms with van der Waals surface area (Å²) in [5, 5.41) is 86.9. The summed E-state index contributed by atoms with van der Waals surface area (Å²) in [5.74, 6) is -0.287. The van der Waals surface area contributed by atoms with Gasteiger partial charge < -0.3 is 72.3 Å². The Bertz CT molecular complexity index is 4360. The molecule has 0 spiro atoms. The number of aliphatic hydroxyl groups is 6. The molecular formula is C104H142N10O16. The standard InChI is InChI=1S/2C18H26N2O3.2C18H25NO3.2C16H20N2O2/c2*1-14(13-21)19-18(23)16-10-7-9-15(12-16)8-5-4-6-11-17(22)20(2)3;2*1-3-17(21)11-6-4-5-8-15-9-7-10-16(12-15)18(22)19-14(2)13-20;2*1-13(12-19)18-16(20)15-9-6-8-14(11-15)7-4-2-3-5-10-17/h2*5,7-10,12,14,21H,4,6,11,13H2,1-3H3,(H,19,23);2*5,7-10,12,14,20H,3-4,6,11,13H2,1-2H3,(H,19,22);2*4,6-9,11,13,19H,2-3,5,12H2,1H3,(H,18,20)/b4*8-5-;2*7-4-/t4*14-;2*13-/m101010/s1. The van der Waals surface area contributed by atoms with E-state index in [-0.39, 0.29) is 123 Å². The lowest BCUT2D eigenvalue weighted by atomic mass is 10.1. The van der Waals surface area contributed by atoms with Gasteiger partial charge in [-0.05, 0) is 225 Å². The number of Topliss-reactive ketones (excluding diaryl/α,β-unsaturated/α-hetero) is 2. The summed E-state index contributed by atoms with van der Waals surface area (Å²) < 4.78 is 0. The van der Waals surface area contributed by atoms with Gasteiger partial charge in [-0.1, -0.05) is 160 Å². The van der Waals surface area contributed by atoms with Gasteiger partial charge in [0.2, 0.25) is 11.8 Å². The highest BCUT2D eigenvalue weighted by molar-refractivity contribution is 5.98. The lowest BCUT2D eigenvalue weighted by Crippen LogP contribution is -2.34. The fourth-order valence-electron chi connectivity index (χ4n) is 11.1. The van der Waals surface area contributed by atoms with Crippen LogP contribution in [0.1, 0.15) is 279 Å². The van der Waals surface area contributed by atoms with E-state index in [1.54, 1.807) is 140 Å². The zero-order chi connectivity index (χ0) is 96.8. The van der Waals surface area contributed by atoms with Gasteiger partial charge >= 0.3 is 0 Å². The summed E-state index contributed by atoms with van der Waals surface area (Å²) in [4.78, 5) is 120. The summed E-state index contributed by atoms with van der Waals surface area (Å²) >= 11 is 0. The van der Waals surface area contributed by atoms with Gasteiger partial charge in [-0.25, -0.2) is 0 Å². The predicted octanol–water partition coefficient (Wildman–Crippen LogP) is 15.1. The van der Waals surface area contributed by atoms with Gasteiger partial charge in [0.15, 0.2) is 0 Å². The highest BCUT2D eigenvalue weighted by atomic mass is 16.3. The zero-order valence-corrected chi connectivity index (χ0v) is 78.2. The van der Waals surface area contributed by atoms with Crippen LogP contribution in [-0.2, 0) is 19.2 Å². The van der Waals surface area contributed by atoms with Crippen LogP contribution in [0.5, 0.6) is 0 Å². The molecule has 0 unspecified atom stereocenters. The smallest absolute Gasteiger partial charge is 0.251 e. The van der Waals surface area contributed by atoms with E-state index in [9.17, 15) is 47.9 Å². The number of carbonyl (C=O) groups is 10. The molecule has 6 aromatic carbocycles. The number of aliphatic hydroxyl groups excluding tert-OH is 6. The Morgan fingerprint density at radius 1 is 0.300 bits per heavy atom. The van der Waals surface area contributed by atoms with Crippen molar-refractivity contribution < 1.29 is 78.6 Å². The molecule has 0 radical (unpaired) electrons. The van der Waals surface area contributed by atoms with Gasteiger partial charge in [0, 0.05) is 149 Å². The van der Waals surface area contributed by atoms with Crippen LogP contribution in [0.25, 0.3) is 36.5 Å². The number of allylic oxidation sites excluding steroid dienone is 6. The van der Waals surface area contributed by atoms with Crippen molar-refractivity contribution in [3.05, 3.63) is 249 Å². The summed E-state index contributed by atoms with van der Waals surface area (Å²) in [7, 11) is 7.03.